The maximum absolute atomic E-state index is 12.6. The third-order valence-corrected chi connectivity index (χ3v) is 3.33. The zero-order valence-electron chi connectivity index (χ0n) is 13.7. The van der Waals surface area contributed by atoms with Crippen LogP contribution in [0.25, 0.3) is 0 Å². The highest BCUT2D eigenvalue weighted by atomic mass is 16.5. The maximum atomic E-state index is 12.6. The van der Waals surface area contributed by atoms with Crippen LogP contribution in [0.2, 0.25) is 0 Å². The molecule has 0 fully saturated rings. The molecule has 0 aliphatic carbocycles. The normalized spacial score (nSPS) is 9.96. The molecule has 126 valence electrons. The number of hydrogen-bond donors (Lipinski definition) is 2. The van der Waals surface area contributed by atoms with Gasteiger partial charge in [0.25, 0.3) is 0 Å². The molecule has 0 heterocycles. The molecular formula is C17H19N3O4. The summed E-state index contributed by atoms with van der Waals surface area (Å²) >= 11 is 0. The minimum absolute atomic E-state index is 0.342. The van der Waals surface area contributed by atoms with Crippen LogP contribution in [0.1, 0.15) is 6.92 Å². The van der Waals surface area contributed by atoms with Crippen LogP contribution in [0, 0.1) is 0 Å². The third kappa shape index (κ3) is 3.57. The Morgan fingerprint density at radius 1 is 1.00 bits per heavy atom. The van der Waals surface area contributed by atoms with Crippen LogP contribution in [0.5, 0.6) is 11.5 Å². The van der Waals surface area contributed by atoms with E-state index in [1.165, 1.54) is 21.1 Å². The van der Waals surface area contributed by atoms with Crippen LogP contribution in [-0.4, -0.2) is 26.2 Å². The van der Waals surface area contributed by atoms with E-state index in [0.717, 1.165) is 4.90 Å². The topological polar surface area (TPSA) is 93.9 Å². The molecule has 0 spiro atoms. The van der Waals surface area contributed by atoms with Gasteiger partial charge >= 0.3 is 6.03 Å². The largest absolute Gasteiger partial charge is 0.494 e. The average Bonchev–Trinajstić information content (AvgIpc) is 2.56. The Labute approximate surface area is 140 Å². The molecule has 7 nitrogen and oxygen atoms in total. The summed E-state index contributed by atoms with van der Waals surface area (Å²) in [5.41, 5.74) is 6.92. The van der Waals surface area contributed by atoms with Crippen LogP contribution in [0.15, 0.2) is 42.5 Å². The predicted molar refractivity (Wildman–Crippen MR) is 92.6 cm³/mol. The first-order valence-electron chi connectivity index (χ1n) is 7.16. The molecule has 0 aromatic heterocycles. The van der Waals surface area contributed by atoms with E-state index in [0.29, 0.717) is 28.6 Å². The van der Waals surface area contributed by atoms with Crippen molar-refractivity contribution in [2.45, 2.75) is 6.92 Å². The smallest absolute Gasteiger partial charge is 0.333 e. The zero-order valence-corrected chi connectivity index (χ0v) is 13.7. The number of nitrogens with one attached hydrogen (secondary N) is 1. The second-order valence-corrected chi connectivity index (χ2v) is 4.91. The Hall–Kier alpha value is -3.22. The molecule has 2 aromatic rings. The molecular weight excluding hydrogens is 310 g/mol. The summed E-state index contributed by atoms with van der Waals surface area (Å²) in [4.78, 5) is 25.6. The Kier molecular flexibility index (Phi) is 5.26. The van der Waals surface area contributed by atoms with E-state index in [-0.39, 0.29) is 0 Å². The number of carbonyl (C=O) groups excluding carboxylic acids is 2. The number of nitrogen functional groups attached to an aromatic ring is 1. The fourth-order valence-electron chi connectivity index (χ4n) is 2.20. The number of nitrogens with two attached hydrogens (primary N) is 1. The van der Waals surface area contributed by atoms with Crippen LogP contribution in [0.3, 0.4) is 0 Å². The van der Waals surface area contributed by atoms with Gasteiger partial charge in [-0.05, 0) is 36.4 Å². The first-order chi connectivity index (χ1) is 11.5. The van der Waals surface area contributed by atoms with E-state index in [2.05, 4.69) is 5.32 Å². The van der Waals surface area contributed by atoms with Crippen LogP contribution < -0.4 is 25.4 Å². The Morgan fingerprint density at radius 2 is 1.54 bits per heavy atom. The minimum Gasteiger partial charge on any atom is -0.494 e. The van der Waals surface area contributed by atoms with Gasteiger partial charge in [-0.3, -0.25) is 4.79 Å². The number of rotatable bonds is 4. The molecule has 24 heavy (non-hydrogen) atoms. The summed E-state index contributed by atoms with van der Waals surface area (Å²) in [6.45, 7) is 1.30. The molecule has 2 aromatic carbocycles. The first-order valence-corrected chi connectivity index (χ1v) is 7.16. The SMILES string of the molecule is COc1cccc(OC)c1NC(=O)N(C(C)=O)c1ccc(N)cc1. The molecule has 0 aliphatic heterocycles. The molecule has 0 unspecified atom stereocenters. The highest BCUT2D eigenvalue weighted by molar-refractivity contribution is 6.18. The lowest BCUT2D eigenvalue weighted by Crippen LogP contribution is -2.38. The number of para-hydroxylation sites is 1. The van der Waals surface area contributed by atoms with Gasteiger partial charge in [0.15, 0.2) is 0 Å². The van der Waals surface area contributed by atoms with Crippen molar-refractivity contribution < 1.29 is 19.1 Å². The number of ether oxygens (including phenoxy) is 2. The fraction of sp³-hybridized carbons (Fsp3) is 0.176. The molecule has 0 saturated carbocycles. The van der Waals surface area contributed by atoms with Crippen molar-refractivity contribution in [3.05, 3.63) is 42.5 Å². The molecule has 7 heteroatoms. The summed E-state index contributed by atoms with van der Waals surface area (Å²) in [6, 6.07) is 10.9. The summed E-state index contributed by atoms with van der Waals surface area (Å²) in [5.74, 6) is 0.401. The number of amides is 3. The molecule has 0 bridgehead atoms. The van der Waals surface area contributed by atoms with Crippen molar-refractivity contribution in [3.63, 3.8) is 0 Å². The van der Waals surface area contributed by atoms with E-state index in [1.807, 2.05) is 0 Å². The highest BCUT2D eigenvalue weighted by Crippen LogP contribution is 2.34. The van der Waals surface area contributed by atoms with Crippen molar-refractivity contribution in [2.75, 3.05) is 30.2 Å². The van der Waals surface area contributed by atoms with Gasteiger partial charge in [0, 0.05) is 12.6 Å². The fourth-order valence-corrected chi connectivity index (χ4v) is 2.20. The number of imide groups is 1. The number of benzene rings is 2. The highest BCUT2D eigenvalue weighted by Gasteiger charge is 2.23. The van der Waals surface area contributed by atoms with Gasteiger partial charge < -0.3 is 20.5 Å². The number of methoxy groups -OCH3 is 2. The van der Waals surface area contributed by atoms with Crippen molar-refractivity contribution in [1.82, 2.24) is 0 Å². The summed E-state index contributed by atoms with van der Waals surface area (Å²) in [5, 5.41) is 2.66. The first kappa shape index (κ1) is 17.1. The number of carbonyl (C=O) groups is 2. The van der Waals surface area contributed by atoms with Gasteiger partial charge in [0.2, 0.25) is 5.91 Å². The van der Waals surface area contributed by atoms with Gasteiger partial charge in [-0.2, -0.15) is 0 Å². The lowest BCUT2D eigenvalue weighted by molar-refractivity contribution is -0.115. The number of anilines is 3. The Morgan fingerprint density at radius 3 is 2.00 bits per heavy atom. The molecule has 0 atom stereocenters. The second kappa shape index (κ2) is 7.36. The van der Waals surface area contributed by atoms with Gasteiger partial charge in [-0.1, -0.05) is 6.07 Å². The zero-order chi connectivity index (χ0) is 17.7. The number of urea groups is 1. The summed E-state index contributed by atoms with van der Waals surface area (Å²) in [7, 11) is 2.96. The molecule has 0 saturated heterocycles. The van der Waals surface area contributed by atoms with Crippen molar-refractivity contribution in [2.24, 2.45) is 0 Å². The lowest BCUT2D eigenvalue weighted by atomic mass is 10.2. The molecule has 2 rings (SSSR count). The van der Waals surface area contributed by atoms with Crippen molar-refractivity contribution in [3.8, 4) is 11.5 Å². The summed E-state index contributed by atoms with van der Waals surface area (Å²) < 4.78 is 10.5. The summed E-state index contributed by atoms with van der Waals surface area (Å²) in [6.07, 6.45) is 0. The van der Waals surface area contributed by atoms with Gasteiger partial charge in [-0.15, -0.1) is 0 Å². The van der Waals surface area contributed by atoms with Crippen LogP contribution >= 0.6 is 0 Å². The number of nitrogens with zero attached hydrogens (tertiary/aromatic N) is 1. The standard InChI is InChI=1S/C17H19N3O4/c1-11(21)20(13-9-7-12(18)8-10-13)17(22)19-16-14(23-2)5-4-6-15(16)24-3/h4-10H,18H2,1-3H3,(H,19,22). The Balaban J connectivity index is 2.36. The average molecular weight is 329 g/mol. The van der Waals surface area contributed by atoms with Gasteiger partial charge in [0.05, 0.1) is 19.9 Å². The van der Waals surface area contributed by atoms with E-state index in [1.54, 1.807) is 42.5 Å². The van der Waals surface area contributed by atoms with Crippen LogP contribution in [-0.2, 0) is 4.79 Å². The van der Waals surface area contributed by atoms with E-state index >= 15 is 0 Å². The van der Waals surface area contributed by atoms with E-state index in [9.17, 15) is 9.59 Å². The van der Waals surface area contributed by atoms with Gasteiger partial charge in [-0.25, -0.2) is 9.69 Å². The Bertz CT molecular complexity index is 722. The van der Waals surface area contributed by atoms with Gasteiger partial charge in [0.1, 0.15) is 17.2 Å². The predicted octanol–water partition coefficient (Wildman–Crippen LogP) is 2.87. The quantitative estimate of drug-likeness (QED) is 0.841. The minimum atomic E-state index is -0.630. The molecule has 0 radical (unpaired) electrons. The molecule has 3 amide bonds. The molecule has 3 N–H and O–H groups in total. The van der Waals surface area contributed by atoms with E-state index in [4.69, 9.17) is 15.2 Å². The van der Waals surface area contributed by atoms with Crippen molar-refractivity contribution >= 4 is 29.0 Å². The van der Waals surface area contributed by atoms with Crippen molar-refractivity contribution in [1.29, 1.82) is 0 Å². The van der Waals surface area contributed by atoms with E-state index < -0.39 is 11.9 Å². The lowest BCUT2D eigenvalue weighted by Gasteiger charge is -2.21. The van der Waals surface area contributed by atoms with Crippen LogP contribution in [0.4, 0.5) is 21.9 Å². The maximum Gasteiger partial charge on any atom is 0.333 e. The number of hydrogen-bond acceptors (Lipinski definition) is 5. The monoisotopic (exact) mass is 329 g/mol. The second-order valence-electron chi connectivity index (χ2n) is 4.91. The molecule has 0 aliphatic rings. The third-order valence-electron chi connectivity index (χ3n) is 3.33.